The number of carbonyl (C=O) groups excluding carboxylic acids is 2. The summed E-state index contributed by atoms with van der Waals surface area (Å²) in [6.45, 7) is 2.17. The second-order valence-electron chi connectivity index (χ2n) is 6.77. The minimum atomic E-state index is -3.11. The lowest BCUT2D eigenvalue weighted by Gasteiger charge is -2.28. The highest BCUT2D eigenvalue weighted by atomic mass is 32.2. The van der Waals surface area contributed by atoms with Gasteiger partial charge in [0.05, 0.1) is 11.5 Å². The van der Waals surface area contributed by atoms with Crippen LogP contribution in [-0.4, -0.2) is 107 Å². The zero-order valence-electron chi connectivity index (χ0n) is 15.1. The van der Waals surface area contributed by atoms with Crippen LogP contribution in [0.2, 0.25) is 0 Å². The van der Waals surface area contributed by atoms with E-state index in [2.05, 4.69) is 5.32 Å². The molecule has 1 unspecified atom stereocenters. The molecule has 0 aromatic rings. The van der Waals surface area contributed by atoms with Crippen LogP contribution < -0.4 is 5.32 Å². The van der Waals surface area contributed by atoms with Gasteiger partial charge in [0.15, 0.2) is 9.84 Å². The highest BCUT2D eigenvalue weighted by Gasteiger charge is 2.36. The zero-order valence-corrected chi connectivity index (χ0v) is 15.9. The fourth-order valence-corrected chi connectivity index (χ4v) is 4.31. The minimum Gasteiger partial charge on any atom is -0.348 e. The predicted octanol–water partition coefficient (Wildman–Crippen LogP) is -1.37. The molecule has 0 bridgehead atoms. The average Bonchev–Trinajstić information content (AvgIpc) is 2.82. The van der Waals surface area contributed by atoms with Crippen molar-refractivity contribution in [2.45, 2.75) is 18.9 Å². The van der Waals surface area contributed by atoms with Crippen LogP contribution in [0.15, 0.2) is 0 Å². The summed E-state index contributed by atoms with van der Waals surface area (Å²) < 4.78 is 23.4. The monoisotopic (exact) mass is 362 g/mol. The van der Waals surface area contributed by atoms with Gasteiger partial charge in [-0.05, 0) is 47.6 Å². The van der Waals surface area contributed by atoms with Crippen molar-refractivity contribution in [1.29, 1.82) is 0 Å². The molecular formula is C15H30N4O4S. The minimum absolute atomic E-state index is 0.0555. The van der Waals surface area contributed by atoms with E-state index in [9.17, 15) is 18.0 Å². The summed E-state index contributed by atoms with van der Waals surface area (Å²) in [5.74, 6) is -1.27. The lowest BCUT2D eigenvalue weighted by atomic mass is 10.2. The van der Waals surface area contributed by atoms with E-state index in [1.54, 1.807) is 0 Å². The van der Waals surface area contributed by atoms with E-state index >= 15 is 0 Å². The van der Waals surface area contributed by atoms with E-state index in [0.717, 1.165) is 13.0 Å². The quantitative estimate of drug-likeness (QED) is 0.423. The zero-order chi connectivity index (χ0) is 18.3. The van der Waals surface area contributed by atoms with Crippen LogP contribution in [0.4, 0.5) is 0 Å². The Morgan fingerprint density at radius 3 is 2.17 bits per heavy atom. The van der Waals surface area contributed by atoms with Crippen molar-refractivity contribution in [2.24, 2.45) is 0 Å². The average molecular weight is 362 g/mol. The molecule has 8 nitrogen and oxygen atoms in total. The van der Waals surface area contributed by atoms with Gasteiger partial charge >= 0.3 is 11.8 Å². The Labute approximate surface area is 145 Å². The highest BCUT2D eigenvalue weighted by molar-refractivity contribution is 7.91. The lowest BCUT2D eigenvalue weighted by molar-refractivity contribution is -0.147. The topological polar surface area (TPSA) is 90.0 Å². The summed E-state index contributed by atoms with van der Waals surface area (Å²) in [5, 5.41) is 2.63. The Bertz CT molecular complexity index is 534. The molecular weight excluding hydrogens is 332 g/mol. The lowest BCUT2D eigenvalue weighted by Crippen LogP contribution is -2.50. The van der Waals surface area contributed by atoms with Crippen LogP contribution >= 0.6 is 0 Å². The van der Waals surface area contributed by atoms with Gasteiger partial charge in [-0.1, -0.05) is 0 Å². The van der Waals surface area contributed by atoms with Gasteiger partial charge in [-0.15, -0.1) is 0 Å². The van der Waals surface area contributed by atoms with Gasteiger partial charge in [-0.3, -0.25) is 9.59 Å². The van der Waals surface area contributed by atoms with Gasteiger partial charge in [-0.25, -0.2) is 8.42 Å². The van der Waals surface area contributed by atoms with Crippen molar-refractivity contribution in [3.05, 3.63) is 0 Å². The summed E-state index contributed by atoms with van der Waals surface area (Å²) in [6, 6.07) is -0.407. The van der Waals surface area contributed by atoms with Gasteiger partial charge in [0.25, 0.3) is 0 Å². The summed E-state index contributed by atoms with van der Waals surface area (Å²) in [4.78, 5) is 29.9. The maximum Gasteiger partial charge on any atom is 0.312 e. The first-order chi connectivity index (χ1) is 11.1. The van der Waals surface area contributed by atoms with Crippen molar-refractivity contribution >= 4 is 21.7 Å². The molecule has 24 heavy (non-hydrogen) atoms. The van der Waals surface area contributed by atoms with Crippen LogP contribution in [0.3, 0.4) is 0 Å². The number of sulfone groups is 1. The third-order valence-corrected chi connectivity index (χ3v) is 5.71. The van der Waals surface area contributed by atoms with Crippen molar-refractivity contribution in [2.75, 3.05) is 65.9 Å². The van der Waals surface area contributed by atoms with Crippen LogP contribution in [0.25, 0.3) is 0 Å². The van der Waals surface area contributed by atoms with Crippen LogP contribution in [-0.2, 0) is 19.4 Å². The summed E-state index contributed by atoms with van der Waals surface area (Å²) in [5.41, 5.74) is 0. The molecule has 9 heteroatoms. The van der Waals surface area contributed by atoms with Crippen molar-refractivity contribution < 1.29 is 18.0 Å². The van der Waals surface area contributed by atoms with E-state index in [-0.39, 0.29) is 11.5 Å². The molecule has 1 N–H and O–H groups in total. The number of likely N-dealkylation sites (N-methyl/N-ethyl adjacent to an activating group) is 1. The molecule has 1 atom stereocenters. The van der Waals surface area contributed by atoms with Gasteiger partial charge in [0.1, 0.15) is 0 Å². The molecule has 140 valence electrons. The Hall–Kier alpha value is -1.19. The summed E-state index contributed by atoms with van der Waals surface area (Å²) >= 11 is 0. The number of hydrogen-bond acceptors (Lipinski definition) is 6. The Balaban J connectivity index is 2.64. The Morgan fingerprint density at radius 2 is 1.67 bits per heavy atom. The second-order valence-corrected chi connectivity index (χ2v) is 9.00. The van der Waals surface area contributed by atoms with E-state index in [1.165, 1.54) is 4.90 Å². The SMILES string of the molecule is CN(C)CCCNC(=O)C(=O)N(CCN(C)C)C1CCS(=O)(=O)C1. The number of rotatable bonds is 8. The van der Waals surface area contributed by atoms with E-state index in [0.29, 0.717) is 26.1 Å². The maximum absolute atomic E-state index is 12.5. The Morgan fingerprint density at radius 1 is 1.04 bits per heavy atom. The molecule has 2 amide bonds. The summed E-state index contributed by atoms with van der Waals surface area (Å²) in [6.07, 6.45) is 1.15. The van der Waals surface area contributed by atoms with E-state index in [1.807, 2.05) is 38.0 Å². The molecule has 1 fully saturated rings. The van der Waals surface area contributed by atoms with Gasteiger partial charge < -0.3 is 20.0 Å². The van der Waals surface area contributed by atoms with Gasteiger partial charge in [0.2, 0.25) is 0 Å². The molecule has 0 aromatic carbocycles. The highest BCUT2D eigenvalue weighted by Crippen LogP contribution is 2.18. The maximum atomic E-state index is 12.5. The molecule has 1 aliphatic rings. The standard InChI is InChI=1S/C15H30N4O4S/c1-17(2)8-5-7-16-14(20)15(21)19(10-9-18(3)4)13-6-11-24(22,23)12-13/h13H,5-12H2,1-4H3,(H,16,20). The smallest absolute Gasteiger partial charge is 0.312 e. The molecule has 0 spiro atoms. The van der Waals surface area contributed by atoms with Crippen molar-refractivity contribution in [1.82, 2.24) is 20.0 Å². The Kier molecular flexibility index (Phi) is 8.11. The van der Waals surface area contributed by atoms with Crippen molar-refractivity contribution in [3.63, 3.8) is 0 Å². The van der Waals surface area contributed by atoms with Gasteiger partial charge in [-0.2, -0.15) is 0 Å². The first-order valence-electron chi connectivity index (χ1n) is 8.21. The molecule has 1 heterocycles. The number of hydrogen-bond donors (Lipinski definition) is 1. The molecule has 0 aliphatic carbocycles. The van der Waals surface area contributed by atoms with Crippen LogP contribution in [0.1, 0.15) is 12.8 Å². The molecule has 1 rings (SSSR count). The first-order valence-corrected chi connectivity index (χ1v) is 10.0. The largest absolute Gasteiger partial charge is 0.348 e. The normalized spacial score (nSPS) is 19.7. The first kappa shape index (κ1) is 20.9. The third-order valence-electron chi connectivity index (χ3n) is 3.96. The molecule has 0 radical (unpaired) electrons. The fraction of sp³-hybridized carbons (Fsp3) is 0.867. The number of amides is 2. The fourth-order valence-electron chi connectivity index (χ4n) is 2.58. The molecule has 1 saturated heterocycles. The summed E-state index contributed by atoms with van der Waals surface area (Å²) in [7, 11) is 4.51. The number of nitrogens with zero attached hydrogens (tertiary/aromatic N) is 3. The second kappa shape index (κ2) is 9.33. The van der Waals surface area contributed by atoms with E-state index in [4.69, 9.17) is 0 Å². The number of nitrogens with one attached hydrogen (secondary N) is 1. The molecule has 0 aromatic heterocycles. The van der Waals surface area contributed by atoms with Crippen molar-refractivity contribution in [3.8, 4) is 0 Å². The number of carbonyl (C=O) groups is 2. The molecule has 0 saturated carbocycles. The molecule has 1 aliphatic heterocycles. The van der Waals surface area contributed by atoms with E-state index < -0.39 is 27.7 Å². The van der Waals surface area contributed by atoms with Crippen LogP contribution in [0.5, 0.6) is 0 Å². The predicted molar refractivity (Wildman–Crippen MR) is 93.5 cm³/mol. The van der Waals surface area contributed by atoms with Crippen LogP contribution in [0, 0.1) is 0 Å². The van der Waals surface area contributed by atoms with Gasteiger partial charge in [0, 0.05) is 25.7 Å². The third kappa shape index (κ3) is 7.14.